The summed E-state index contributed by atoms with van der Waals surface area (Å²) in [5.74, 6) is -0.388. The Morgan fingerprint density at radius 2 is 1.69 bits per heavy atom. The second-order valence-electron chi connectivity index (χ2n) is 5.76. The number of hydrogen-bond donors (Lipinski definition) is 0. The minimum atomic E-state index is -0.388. The largest absolute Gasteiger partial charge is 0.455 e. The number of ether oxygens (including phenoxy) is 1. The van der Waals surface area contributed by atoms with E-state index in [9.17, 15) is 4.79 Å². The number of benzene rings is 2. The zero-order valence-corrected chi connectivity index (χ0v) is 15.0. The minimum Gasteiger partial charge on any atom is -0.455 e. The molecule has 4 aromatic rings. The van der Waals surface area contributed by atoms with Crippen LogP contribution in [0, 0.1) is 0 Å². The monoisotopic (exact) mass is 360 g/mol. The molecule has 4 nitrogen and oxygen atoms in total. The molecule has 5 heteroatoms. The number of hydrogen-bond acceptors (Lipinski definition) is 5. The van der Waals surface area contributed by atoms with E-state index in [4.69, 9.17) is 9.72 Å². The predicted molar refractivity (Wildman–Crippen MR) is 104 cm³/mol. The van der Waals surface area contributed by atoms with Gasteiger partial charge in [-0.25, -0.2) is 14.8 Å². The number of carbonyl (C=O) groups excluding carboxylic acids is 1. The van der Waals surface area contributed by atoms with E-state index < -0.39 is 0 Å². The van der Waals surface area contributed by atoms with Gasteiger partial charge in [-0.2, -0.15) is 0 Å². The summed E-state index contributed by atoms with van der Waals surface area (Å²) in [7, 11) is 0. The minimum absolute atomic E-state index is 0.118. The van der Waals surface area contributed by atoms with Gasteiger partial charge >= 0.3 is 5.97 Å². The lowest BCUT2D eigenvalue weighted by Gasteiger charge is -2.11. The van der Waals surface area contributed by atoms with Crippen LogP contribution in [0.1, 0.15) is 16.1 Å². The molecule has 0 spiro atoms. The van der Waals surface area contributed by atoms with Crippen LogP contribution in [0.4, 0.5) is 0 Å². The van der Waals surface area contributed by atoms with Crippen molar-refractivity contribution in [3.63, 3.8) is 0 Å². The summed E-state index contributed by atoms with van der Waals surface area (Å²) in [4.78, 5) is 21.4. The van der Waals surface area contributed by atoms with Crippen LogP contribution in [-0.4, -0.2) is 22.2 Å². The highest BCUT2D eigenvalue weighted by Gasteiger charge is 2.15. The van der Waals surface area contributed by atoms with Gasteiger partial charge < -0.3 is 4.74 Å². The molecule has 0 fully saturated rings. The molecule has 0 amide bonds. The van der Waals surface area contributed by atoms with E-state index in [0.29, 0.717) is 10.6 Å². The van der Waals surface area contributed by atoms with Gasteiger partial charge in [-0.3, -0.25) is 0 Å². The molecule has 0 aliphatic heterocycles. The first-order valence-corrected chi connectivity index (χ1v) is 9.43. The average Bonchev–Trinajstić information content (AvgIpc) is 2.71. The van der Waals surface area contributed by atoms with Crippen LogP contribution in [0.25, 0.3) is 21.7 Å². The average molecular weight is 360 g/mol. The maximum Gasteiger partial charge on any atom is 0.341 e. The van der Waals surface area contributed by atoms with Crippen LogP contribution < -0.4 is 0 Å². The van der Waals surface area contributed by atoms with Crippen molar-refractivity contribution >= 4 is 39.4 Å². The second-order valence-corrected chi connectivity index (χ2v) is 6.55. The molecule has 26 heavy (non-hydrogen) atoms. The Hall–Kier alpha value is -2.92. The Morgan fingerprint density at radius 1 is 0.962 bits per heavy atom. The van der Waals surface area contributed by atoms with Crippen molar-refractivity contribution in [1.82, 2.24) is 9.97 Å². The van der Waals surface area contributed by atoms with Crippen molar-refractivity contribution in [3.05, 3.63) is 78.1 Å². The second kappa shape index (κ2) is 7.14. The Labute approximate surface area is 155 Å². The van der Waals surface area contributed by atoms with Gasteiger partial charge in [-0.05, 0) is 29.8 Å². The molecular formula is C21H16N2O2S. The maximum absolute atomic E-state index is 12.5. The molecule has 0 bridgehead atoms. The van der Waals surface area contributed by atoms with Crippen LogP contribution in [-0.2, 0) is 11.3 Å². The van der Waals surface area contributed by atoms with Gasteiger partial charge in [0.05, 0.1) is 16.8 Å². The van der Waals surface area contributed by atoms with Crippen molar-refractivity contribution in [1.29, 1.82) is 0 Å². The Balaban J connectivity index is 1.70. The van der Waals surface area contributed by atoms with Gasteiger partial charge in [0.1, 0.15) is 11.6 Å². The number of rotatable bonds is 4. The zero-order chi connectivity index (χ0) is 17.9. The lowest BCUT2D eigenvalue weighted by Crippen LogP contribution is -2.08. The predicted octanol–water partition coefficient (Wildman–Crippen LogP) is 4.86. The molecule has 0 aliphatic rings. The number of carbonyl (C=O) groups is 1. The third-order valence-electron chi connectivity index (χ3n) is 4.21. The number of esters is 1. The van der Waals surface area contributed by atoms with Gasteiger partial charge in [-0.15, -0.1) is 11.8 Å². The van der Waals surface area contributed by atoms with Gasteiger partial charge in [0.2, 0.25) is 0 Å². The Kier molecular flexibility index (Phi) is 4.54. The lowest BCUT2D eigenvalue weighted by molar-refractivity contribution is 0.0465. The van der Waals surface area contributed by atoms with E-state index in [1.807, 2.05) is 42.7 Å². The first-order chi connectivity index (χ1) is 12.8. The van der Waals surface area contributed by atoms with Crippen molar-refractivity contribution in [2.45, 2.75) is 11.6 Å². The van der Waals surface area contributed by atoms with Gasteiger partial charge in [-0.1, -0.05) is 42.5 Å². The fourth-order valence-electron chi connectivity index (χ4n) is 3.00. The molecule has 0 saturated heterocycles. The number of pyridine rings is 2. The van der Waals surface area contributed by atoms with Crippen molar-refractivity contribution in [2.75, 3.05) is 6.26 Å². The summed E-state index contributed by atoms with van der Waals surface area (Å²) < 4.78 is 5.56. The third kappa shape index (κ3) is 3.02. The summed E-state index contributed by atoms with van der Waals surface area (Å²) in [6.45, 7) is 0.118. The Morgan fingerprint density at radius 3 is 2.50 bits per heavy atom. The fourth-order valence-corrected chi connectivity index (χ4v) is 3.54. The van der Waals surface area contributed by atoms with Gasteiger partial charge in [0.15, 0.2) is 0 Å². The highest BCUT2D eigenvalue weighted by atomic mass is 32.2. The highest BCUT2D eigenvalue weighted by molar-refractivity contribution is 7.98. The summed E-state index contributed by atoms with van der Waals surface area (Å²) in [5.41, 5.74) is 2.12. The molecule has 0 saturated carbocycles. The standard InChI is InChI=1S/C21H16N2O2S/c1-26-20-17(10-6-12-22-20)21(24)25-13-19-16-9-3-2-7-14(16)15-8-4-5-11-18(15)23-19/h2-12H,13H2,1H3. The van der Waals surface area contributed by atoms with Gasteiger partial charge in [0, 0.05) is 17.0 Å². The molecule has 0 N–H and O–H groups in total. The molecule has 0 atom stereocenters. The van der Waals surface area contributed by atoms with Gasteiger partial charge in [0.25, 0.3) is 0 Å². The van der Waals surface area contributed by atoms with Crippen LogP contribution >= 0.6 is 11.8 Å². The number of aromatic nitrogens is 2. The van der Waals surface area contributed by atoms with Crippen LogP contribution in [0.5, 0.6) is 0 Å². The van der Waals surface area contributed by atoms with Crippen molar-refractivity contribution < 1.29 is 9.53 Å². The van der Waals surface area contributed by atoms with Crippen molar-refractivity contribution in [2.24, 2.45) is 0 Å². The number of nitrogens with zero attached hydrogens (tertiary/aromatic N) is 2. The van der Waals surface area contributed by atoms with E-state index in [1.165, 1.54) is 11.8 Å². The SMILES string of the molecule is CSc1ncccc1C(=O)OCc1nc2ccccc2c2ccccc12. The molecule has 2 heterocycles. The summed E-state index contributed by atoms with van der Waals surface area (Å²) in [6, 6.07) is 19.5. The smallest absolute Gasteiger partial charge is 0.341 e. The molecule has 0 unspecified atom stereocenters. The van der Waals surface area contributed by atoms with E-state index >= 15 is 0 Å². The van der Waals surface area contributed by atoms with Crippen LogP contribution in [0.3, 0.4) is 0 Å². The molecule has 128 valence electrons. The normalized spacial score (nSPS) is 11.0. The molecule has 2 aromatic carbocycles. The van der Waals surface area contributed by atoms with Crippen molar-refractivity contribution in [3.8, 4) is 0 Å². The number of thioether (sulfide) groups is 1. The molecule has 4 rings (SSSR count). The quantitative estimate of drug-likeness (QED) is 0.295. The first-order valence-electron chi connectivity index (χ1n) is 8.20. The van der Waals surface area contributed by atoms with E-state index in [0.717, 1.165) is 27.4 Å². The molecule has 0 radical (unpaired) electrons. The highest BCUT2D eigenvalue weighted by Crippen LogP contribution is 2.27. The maximum atomic E-state index is 12.5. The molecular weight excluding hydrogens is 344 g/mol. The molecule has 2 aromatic heterocycles. The van der Waals surface area contributed by atoms with E-state index in [2.05, 4.69) is 17.1 Å². The van der Waals surface area contributed by atoms with E-state index in [-0.39, 0.29) is 12.6 Å². The summed E-state index contributed by atoms with van der Waals surface area (Å²) in [5, 5.41) is 3.86. The fraction of sp³-hybridized carbons (Fsp3) is 0.0952. The number of fused-ring (bicyclic) bond motifs is 3. The Bertz CT molecular complexity index is 1110. The molecule has 0 aliphatic carbocycles. The topological polar surface area (TPSA) is 52.1 Å². The van der Waals surface area contributed by atoms with Crippen LogP contribution in [0.15, 0.2) is 71.9 Å². The summed E-state index contributed by atoms with van der Waals surface area (Å²) >= 11 is 1.42. The third-order valence-corrected chi connectivity index (χ3v) is 4.92. The lowest BCUT2D eigenvalue weighted by atomic mass is 10.0. The number of para-hydroxylation sites is 1. The first kappa shape index (κ1) is 16.5. The zero-order valence-electron chi connectivity index (χ0n) is 14.2. The van der Waals surface area contributed by atoms with E-state index in [1.54, 1.807) is 18.3 Å². The summed E-state index contributed by atoms with van der Waals surface area (Å²) in [6.07, 6.45) is 3.55. The van der Waals surface area contributed by atoms with Crippen LogP contribution in [0.2, 0.25) is 0 Å².